The summed E-state index contributed by atoms with van der Waals surface area (Å²) in [5.74, 6) is 0. The van der Waals surface area contributed by atoms with Gasteiger partial charge in [-0.1, -0.05) is 18.7 Å². The number of hydrogen-bond acceptors (Lipinski definition) is 4. The Kier molecular flexibility index (Phi) is 3.09. The van der Waals surface area contributed by atoms with Gasteiger partial charge in [0.2, 0.25) is 0 Å². The van der Waals surface area contributed by atoms with Gasteiger partial charge in [0.1, 0.15) is 0 Å². The summed E-state index contributed by atoms with van der Waals surface area (Å²) in [7, 11) is 0. The highest BCUT2D eigenvalue weighted by atomic mass is 79.9. The normalized spacial score (nSPS) is 11.1. The minimum atomic E-state index is 0.874. The van der Waals surface area contributed by atoms with Crippen molar-refractivity contribution < 1.29 is 0 Å². The van der Waals surface area contributed by atoms with Crippen molar-refractivity contribution in [3.8, 4) is 0 Å². The van der Waals surface area contributed by atoms with Gasteiger partial charge in [-0.2, -0.15) is 0 Å². The van der Waals surface area contributed by atoms with Crippen molar-refractivity contribution in [2.24, 2.45) is 0 Å². The second-order valence-electron chi connectivity index (χ2n) is 2.78. The molecule has 2 nitrogen and oxygen atoms in total. The lowest BCUT2D eigenvalue weighted by Gasteiger charge is -1.98. The molecule has 0 aliphatic carbocycles. The third-order valence-electron chi connectivity index (χ3n) is 1.90. The summed E-state index contributed by atoms with van der Waals surface area (Å²) in [5.41, 5.74) is 1.95. The number of thioether (sulfide) groups is 1. The van der Waals surface area contributed by atoms with E-state index in [0.29, 0.717) is 0 Å². The van der Waals surface area contributed by atoms with E-state index in [1.165, 1.54) is 0 Å². The molecule has 0 radical (unpaired) electrons. The highest BCUT2D eigenvalue weighted by molar-refractivity contribution is 9.10. The number of thiazole rings is 1. The van der Waals surface area contributed by atoms with Gasteiger partial charge in [0.25, 0.3) is 0 Å². The van der Waals surface area contributed by atoms with E-state index in [0.717, 1.165) is 31.3 Å². The van der Waals surface area contributed by atoms with E-state index in [1.54, 1.807) is 23.1 Å². The fourth-order valence-corrected chi connectivity index (χ4v) is 3.40. The molecule has 0 N–H and O–H groups in total. The summed E-state index contributed by atoms with van der Waals surface area (Å²) in [4.78, 5) is 8.93. The van der Waals surface area contributed by atoms with E-state index in [2.05, 4.69) is 38.9 Å². The molecule has 0 bridgehead atoms. The summed E-state index contributed by atoms with van der Waals surface area (Å²) < 4.78 is 3.31. The Hall–Kier alpha value is -0.130. The second-order valence-corrected chi connectivity index (χ2v) is 5.71. The van der Waals surface area contributed by atoms with E-state index in [9.17, 15) is 0 Å². The van der Waals surface area contributed by atoms with Gasteiger partial charge in [-0.25, -0.2) is 9.97 Å². The number of halogens is 1. The Morgan fingerprint density at radius 2 is 2.29 bits per heavy atom. The molecular weight excluding hydrogens is 280 g/mol. The molecule has 0 spiro atoms. The van der Waals surface area contributed by atoms with Crippen LogP contribution in [0.15, 0.2) is 14.9 Å². The van der Waals surface area contributed by atoms with Gasteiger partial charge < -0.3 is 0 Å². The third-order valence-corrected chi connectivity index (χ3v) is 4.56. The molecule has 0 unspecified atom stereocenters. The van der Waals surface area contributed by atoms with Gasteiger partial charge in [-0.15, -0.1) is 11.3 Å². The largest absolute Gasteiger partial charge is 0.231 e. The average molecular weight is 289 g/mol. The zero-order valence-electron chi connectivity index (χ0n) is 7.87. The SMILES string of the molecule is CCc1nc2nc(SC)sc2cc1Br. The van der Waals surface area contributed by atoms with Gasteiger partial charge in [0.05, 0.1) is 10.4 Å². The summed E-state index contributed by atoms with van der Waals surface area (Å²) in [6.07, 6.45) is 2.97. The minimum Gasteiger partial charge on any atom is -0.231 e. The Labute approximate surface area is 99.3 Å². The van der Waals surface area contributed by atoms with E-state index >= 15 is 0 Å². The molecule has 0 aliphatic heterocycles. The maximum atomic E-state index is 4.50. The highest BCUT2D eigenvalue weighted by Crippen LogP contribution is 2.30. The predicted molar refractivity (Wildman–Crippen MR) is 66.3 cm³/mol. The summed E-state index contributed by atoms with van der Waals surface area (Å²) >= 11 is 6.87. The molecule has 2 aromatic rings. The summed E-state index contributed by atoms with van der Waals surface area (Å²) in [6.45, 7) is 2.10. The van der Waals surface area contributed by atoms with Crippen molar-refractivity contribution in [1.29, 1.82) is 0 Å². The third kappa shape index (κ3) is 1.81. The molecule has 2 aromatic heterocycles. The number of rotatable bonds is 2. The van der Waals surface area contributed by atoms with Crippen LogP contribution in [-0.2, 0) is 6.42 Å². The number of hydrogen-bond donors (Lipinski definition) is 0. The first kappa shape index (κ1) is 10.4. The summed E-state index contributed by atoms with van der Waals surface area (Å²) in [5, 5.41) is 0. The van der Waals surface area contributed by atoms with Gasteiger partial charge in [-0.05, 0) is 34.7 Å². The monoisotopic (exact) mass is 288 g/mol. The molecule has 0 atom stereocenters. The lowest BCUT2D eigenvalue weighted by atomic mass is 10.3. The van der Waals surface area contributed by atoms with Crippen LogP contribution in [0.3, 0.4) is 0 Å². The number of aryl methyl sites for hydroxylation is 1. The number of aromatic nitrogens is 2. The maximum Gasteiger partial charge on any atom is 0.171 e. The molecule has 2 rings (SSSR count). The zero-order chi connectivity index (χ0) is 10.1. The fraction of sp³-hybridized carbons (Fsp3) is 0.333. The van der Waals surface area contributed by atoms with Crippen LogP contribution in [0.1, 0.15) is 12.6 Å². The molecule has 2 heterocycles. The standard InChI is InChI=1S/C9H9BrN2S2/c1-3-6-5(10)4-7-8(11-6)12-9(13-2)14-7/h4H,3H2,1-2H3. The van der Waals surface area contributed by atoms with Gasteiger partial charge in [0, 0.05) is 4.47 Å². The summed E-state index contributed by atoms with van der Waals surface area (Å²) in [6, 6.07) is 2.11. The lowest BCUT2D eigenvalue weighted by molar-refractivity contribution is 1.03. The van der Waals surface area contributed by atoms with Gasteiger partial charge >= 0.3 is 0 Å². The van der Waals surface area contributed by atoms with Crippen molar-refractivity contribution in [3.05, 3.63) is 16.2 Å². The Bertz CT molecular complexity index is 467. The average Bonchev–Trinajstić information content (AvgIpc) is 2.58. The second kappa shape index (κ2) is 4.16. The first-order valence-corrected chi connectivity index (χ1v) is 7.08. The van der Waals surface area contributed by atoms with Crippen LogP contribution in [0.5, 0.6) is 0 Å². The molecular formula is C9H9BrN2S2. The van der Waals surface area contributed by atoms with Crippen LogP contribution in [-0.4, -0.2) is 16.2 Å². The quantitative estimate of drug-likeness (QED) is 0.788. The molecule has 5 heteroatoms. The zero-order valence-corrected chi connectivity index (χ0v) is 11.1. The first-order chi connectivity index (χ1) is 6.74. The molecule has 0 amide bonds. The minimum absolute atomic E-state index is 0.874. The smallest absolute Gasteiger partial charge is 0.171 e. The van der Waals surface area contributed by atoms with E-state index < -0.39 is 0 Å². The van der Waals surface area contributed by atoms with Crippen LogP contribution in [0, 0.1) is 0 Å². The molecule has 74 valence electrons. The Balaban J connectivity index is 2.64. The maximum absolute atomic E-state index is 4.50. The van der Waals surface area contributed by atoms with E-state index in [-0.39, 0.29) is 0 Å². The molecule has 0 fully saturated rings. The number of fused-ring (bicyclic) bond motifs is 1. The molecule has 14 heavy (non-hydrogen) atoms. The Morgan fingerprint density at radius 3 is 2.93 bits per heavy atom. The number of pyridine rings is 1. The van der Waals surface area contributed by atoms with Gasteiger partial charge in [-0.3, -0.25) is 0 Å². The predicted octanol–water partition coefficient (Wildman–Crippen LogP) is 3.74. The molecule has 0 saturated carbocycles. The molecule has 0 saturated heterocycles. The van der Waals surface area contributed by atoms with Gasteiger partial charge in [0.15, 0.2) is 9.99 Å². The van der Waals surface area contributed by atoms with Crippen molar-refractivity contribution in [3.63, 3.8) is 0 Å². The van der Waals surface area contributed by atoms with Crippen molar-refractivity contribution in [2.45, 2.75) is 17.7 Å². The van der Waals surface area contributed by atoms with Crippen LogP contribution < -0.4 is 0 Å². The Morgan fingerprint density at radius 1 is 1.50 bits per heavy atom. The molecule has 0 aromatic carbocycles. The van der Waals surface area contributed by atoms with Crippen LogP contribution in [0.4, 0.5) is 0 Å². The number of nitrogens with zero attached hydrogens (tertiary/aromatic N) is 2. The van der Waals surface area contributed by atoms with Crippen molar-refractivity contribution in [1.82, 2.24) is 9.97 Å². The highest BCUT2D eigenvalue weighted by Gasteiger charge is 2.07. The van der Waals surface area contributed by atoms with E-state index in [1.807, 2.05) is 6.26 Å². The van der Waals surface area contributed by atoms with E-state index in [4.69, 9.17) is 0 Å². The van der Waals surface area contributed by atoms with Crippen molar-refractivity contribution in [2.75, 3.05) is 6.26 Å². The van der Waals surface area contributed by atoms with Crippen LogP contribution in [0.2, 0.25) is 0 Å². The van der Waals surface area contributed by atoms with Crippen molar-refractivity contribution >= 4 is 49.4 Å². The lowest BCUT2D eigenvalue weighted by Crippen LogP contribution is -1.88. The first-order valence-electron chi connectivity index (χ1n) is 4.24. The van der Waals surface area contributed by atoms with Crippen LogP contribution in [0.25, 0.3) is 10.3 Å². The topological polar surface area (TPSA) is 25.8 Å². The molecule has 0 aliphatic rings. The van der Waals surface area contributed by atoms with Crippen LogP contribution >= 0.6 is 39.0 Å². The fourth-order valence-electron chi connectivity index (χ4n) is 1.19.